The Balaban J connectivity index is 1.59. The van der Waals surface area contributed by atoms with Crippen LogP contribution in [0.25, 0.3) is 5.69 Å². The number of quaternary nitrogens is 1. The molecule has 0 spiro atoms. The Kier molecular flexibility index (Phi) is 6.99. The van der Waals surface area contributed by atoms with Gasteiger partial charge in [0.05, 0.1) is 18.4 Å². The summed E-state index contributed by atoms with van der Waals surface area (Å²) in [5, 5.41) is 7.57. The highest BCUT2D eigenvalue weighted by Crippen LogP contribution is 2.23. The Morgan fingerprint density at radius 1 is 1.31 bits per heavy atom. The number of anilines is 1. The minimum Gasteiger partial charge on any atom is -0.490 e. The van der Waals surface area contributed by atoms with Gasteiger partial charge in [0.15, 0.2) is 6.54 Å². The van der Waals surface area contributed by atoms with Gasteiger partial charge in [0.2, 0.25) is 0 Å². The van der Waals surface area contributed by atoms with Crippen molar-refractivity contribution in [2.24, 2.45) is 0 Å². The van der Waals surface area contributed by atoms with E-state index in [1.54, 1.807) is 35.3 Å². The number of carbonyl (C=O) groups is 1. The molecule has 0 aliphatic carbocycles. The van der Waals surface area contributed by atoms with Crippen LogP contribution in [-0.2, 0) is 11.3 Å². The van der Waals surface area contributed by atoms with Crippen molar-refractivity contribution in [1.29, 1.82) is 0 Å². The quantitative estimate of drug-likeness (QED) is 0.528. The van der Waals surface area contributed by atoms with Gasteiger partial charge in [-0.3, -0.25) is 4.79 Å². The van der Waals surface area contributed by atoms with E-state index in [1.807, 2.05) is 31.3 Å². The van der Waals surface area contributed by atoms with E-state index < -0.39 is 0 Å². The molecule has 1 unspecified atom stereocenters. The lowest BCUT2D eigenvalue weighted by Crippen LogP contribution is -3.08. The van der Waals surface area contributed by atoms with E-state index in [2.05, 4.69) is 22.0 Å². The molecule has 0 radical (unpaired) electrons. The first-order valence-corrected chi connectivity index (χ1v) is 9.51. The summed E-state index contributed by atoms with van der Waals surface area (Å²) >= 11 is 6.10. The number of aromatic nitrogens is 3. The van der Waals surface area contributed by atoms with Crippen molar-refractivity contribution in [3.05, 3.63) is 78.4 Å². The zero-order valence-corrected chi connectivity index (χ0v) is 16.9. The van der Waals surface area contributed by atoms with Crippen LogP contribution in [0.2, 0.25) is 5.02 Å². The molecular weight excluding hydrogens is 390 g/mol. The topological polar surface area (TPSA) is 73.5 Å². The summed E-state index contributed by atoms with van der Waals surface area (Å²) in [6.45, 7) is 5.12. The molecule has 0 fully saturated rings. The third kappa shape index (κ3) is 5.91. The molecule has 0 bridgehead atoms. The van der Waals surface area contributed by atoms with Gasteiger partial charge in [-0.05, 0) is 42.5 Å². The van der Waals surface area contributed by atoms with Crippen molar-refractivity contribution in [2.45, 2.75) is 6.54 Å². The largest absolute Gasteiger partial charge is 0.490 e. The van der Waals surface area contributed by atoms with E-state index in [-0.39, 0.29) is 5.91 Å². The highest BCUT2D eigenvalue weighted by atomic mass is 35.5. The Bertz CT molecular complexity index is 958. The second kappa shape index (κ2) is 9.86. The molecule has 0 saturated carbocycles. The fourth-order valence-electron chi connectivity index (χ4n) is 2.88. The van der Waals surface area contributed by atoms with Gasteiger partial charge < -0.3 is 15.0 Å². The second-order valence-corrected chi connectivity index (χ2v) is 7.04. The number of likely N-dealkylation sites (N-methyl/N-ethyl adjacent to an activating group) is 1. The van der Waals surface area contributed by atoms with E-state index in [0.29, 0.717) is 36.1 Å². The lowest BCUT2D eigenvalue weighted by Gasteiger charge is -2.16. The van der Waals surface area contributed by atoms with Crippen LogP contribution in [0.3, 0.4) is 0 Å². The third-order valence-corrected chi connectivity index (χ3v) is 4.39. The Hall–Kier alpha value is -3.16. The molecule has 0 aliphatic rings. The smallest absolute Gasteiger partial charge is 0.279 e. The van der Waals surface area contributed by atoms with Gasteiger partial charge in [-0.25, -0.2) is 9.67 Å². The first-order chi connectivity index (χ1) is 14.0. The highest BCUT2D eigenvalue weighted by Gasteiger charge is 2.14. The van der Waals surface area contributed by atoms with E-state index in [9.17, 15) is 4.79 Å². The Labute approximate surface area is 174 Å². The lowest BCUT2D eigenvalue weighted by molar-refractivity contribution is -0.885. The Morgan fingerprint density at radius 3 is 2.79 bits per heavy atom. The summed E-state index contributed by atoms with van der Waals surface area (Å²) in [5.41, 5.74) is 2.41. The van der Waals surface area contributed by atoms with Gasteiger partial charge in [0, 0.05) is 10.6 Å². The van der Waals surface area contributed by atoms with Crippen molar-refractivity contribution in [2.75, 3.05) is 25.5 Å². The van der Waals surface area contributed by atoms with E-state index in [4.69, 9.17) is 16.3 Å². The van der Waals surface area contributed by atoms with Crippen LogP contribution < -0.4 is 15.0 Å². The number of nitrogens with one attached hydrogen (secondary N) is 2. The molecule has 1 aromatic heterocycles. The summed E-state index contributed by atoms with van der Waals surface area (Å²) in [6, 6.07) is 13.1. The first kappa shape index (κ1) is 20.6. The number of amides is 1. The zero-order chi connectivity index (χ0) is 20.6. The summed E-state index contributed by atoms with van der Waals surface area (Å²) in [4.78, 5) is 17.6. The van der Waals surface area contributed by atoms with E-state index in [1.165, 1.54) is 6.33 Å². The van der Waals surface area contributed by atoms with Gasteiger partial charge in [-0.2, -0.15) is 5.10 Å². The molecule has 2 N–H and O–H groups in total. The van der Waals surface area contributed by atoms with Crippen molar-refractivity contribution >= 4 is 23.2 Å². The van der Waals surface area contributed by atoms with Crippen molar-refractivity contribution in [3.8, 4) is 11.4 Å². The number of benzene rings is 2. The molecule has 2 aromatic carbocycles. The average molecular weight is 413 g/mol. The number of carbonyl (C=O) groups excluding carboxylic acids is 1. The molecule has 7 nitrogen and oxygen atoms in total. The van der Waals surface area contributed by atoms with Gasteiger partial charge in [-0.15, -0.1) is 0 Å². The first-order valence-electron chi connectivity index (χ1n) is 9.13. The van der Waals surface area contributed by atoms with Gasteiger partial charge in [-0.1, -0.05) is 24.3 Å². The molecule has 1 atom stereocenters. The molecule has 150 valence electrons. The monoisotopic (exact) mass is 412 g/mol. The van der Waals surface area contributed by atoms with Crippen LogP contribution in [0.4, 0.5) is 5.69 Å². The predicted octanol–water partition coefficient (Wildman–Crippen LogP) is 2.14. The molecule has 0 saturated heterocycles. The zero-order valence-electron chi connectivity index (χ0n) is 16.1. The molecule has 3 aromatic rings. The Morgan fingerprint density at radius 2 is 2.10 bits per heavy atom. The maximum atomic E-state index is 12.6. The van der Waals surface area contributed by atoms with Crippen molar-refractivity contribution < 1.29 is 14.4 Å². The van der Waals surface area contributed by atoms with Crippen LogP contribution >= 0.6 is 11.6 Å². The highest BCUT2D eigenvalue weighted by molar-refractivity contribution is 6.31. The van der Waals surface area contributed by atoms with Crippen LogP contribution in [0.1, 0.15) is 5.56 Å². The molecule has 1 heterocycles. The number of hydrogen-bond donors (Lipinski definition) is 2. The summed E-state index contributed by atoms with van der Waals surface area (Å²) in [7, 11) is 1.97. The fraction of sp³-hybridized carbons (Fsp3) is 0.190. The van der Waals surface area contributed by atoms with Crippen molar-refractivity contribution in [1.82, 2.24) is 14.8 Å². The third-order valence-electron chi connectivity index (χ3n) is 4.16. The SMILES string of the molecule is C=CCOc1ccc(C[NH+](C)CC(=O)Nc2cc(Cl)ccc2-n2cncn2)cc1. The van der Waals surface area contributed by atoms with Gasteiger partial charge in [0.1, 0.15) is 31.6 Å². The number of rotatable bonds is 9. The van der Waals surface area contributed by atoms with E-state index >= 15 is 0 Å². The van der Waals surface area contributed by atoms with Crippen LogP contribution in [0.15, 0.2) is 67.8 Å². The number of nitrogens with zero attached hydrogens (tertiary/aromatic N) is 3. The summed E-state index contributed by atoms with van der Waals surface area (Å²) < 4.78 is 7.07. The van der Waals surface area contributed by atoms with Gasteiger partial charge in [0.25, 0.3) is 5.91 Å². The number of ether oxygens (including phenoxy) is 1. The minimum absolute atomic E-state index is 0.114. The molecule has 1 amide bonds. The maximum absolute atomic E-state index is 12.6. The number of hydrogen-bond acceptors (Lipinski definition) is 4. The molecule has 8 heteroatoms. The van der Waals surface area contributed by atoms with Gasteiger partial charge >= 0.3 is 0 Å². The number of halogens is 1. The second-order valence-electron chi connectivity index (χ2n) is 6.60. The average Bonchev–Trinajstić information content (AvgIpc) is 3.22. The molecule has 0 aliphatic heterocycles. The molecule has 3 rings (SSSR count). The normalized spacial score (nSPS) is 11.7. The minimum atomic E-state index is -0.114. The molecular formula is C21H23ClN5O2+. The molecule has 29 heavy (non-hydrogen) atoms. The van der Waals surface area contributed by atoms with E-state index in [0.717, 1.165) is 16.2 Å². The predicted molar refractivity (Wildman–Crippen MR) is 113 cm³/mol. The summed E-state index contributed by atoms with van der Waals surface area (Å²) in [6.07, 6.45) is 4.71. The maximum Gasteiger partial charge on any atom is 0.279 e. The standard InChI is InChI=1S/C21H22ClN5O2/c1-3-10-29-18-7-4-16(5-8-18)12-26(2)13-21(28)25-19-11-17(22)6-9-20(19)27-15-23-14-24-27/h3-9,11,14-15H,1,10,12-13H2,2H3,(H,25,28)/p+1. The van der Waals surface area contributed by atoms with Crippen molar-refractivity contribution in [3.63, 3.8) is 0 Å². The van der Waals surface area contributed by atoms with Crippen LogP contribution in [0.5, 0.6) is 5.75 Å². The van der Waals surface area contributed by atoms with Crippen LogP contribution in [-0.4, -0.2) is 40.9 Å². The fourth-order valence-corrected chi connectivity index (χ4v) is 3.05. The summed E-state index contributed by atoms with van der Waals surface area (Å²) in [5.74, 6) is 0.683. The van der Waals surface area contributed by atoms with Crippen LogP contribution in [0, 0.1) is 0 Å². The lowest BCUT2D eigenvalue weighted by atomic mass is 10.2.